The van der Waals surface area contributed by atoms with Gasteiger partial charge in [0.25, 0.3) is 0 Å². The van der Waals surface area contributed by atoms with Crippen LogP contribution >= 0.6 is 11.8 Å². The van der Waals surface area contributed by atoms with Crippen LogP contribution in [0.25, 0.3) is 0 Å². The first kappa shape index (κ1) is 18.3. The predicted molar refractivity (Wildman–Crippen MR) is 96.2 cm³/mol. The standard InChI is InChI=1S/C18H21FN2O2S/c1-21(11-12-23-16-9-5-3-7-14(16)19)13-18(22)20-15-8-4-6-10-17(15)24-2/h3-10H,11-13H2,1-2H3,(H,20,22). The minimum absolute atomic E-state index is 0.0927. The van der Waals surface area contributed by atoms with Gasteiger partial charge in [-0.3, -0.25) is 9.69 Å². The first-order valence-corrected chi connectivity index (χ1v) is 8.81. The number of ether oxygens (including phenoxy) is 1. The van der Waals surface area contributed by atoms with Crippen LogP contribution in [0.2, 0.25) is 0 Å². The van der Waals surface area contributed by atoms with Crippen molar-refractivity contribution in [3.8, 4) is 5.75 Å². The predicted octanol–water partition coefficient (Wildman–Crippen LogP) is 3.50. The molecule has 0 radical (unpaired) electrons. The molecule has 2 aromatic carbocycles. The summed E-state index contributed by atoms with van der Waals surface area (Å²) in [6, 6.07) is 14.0. The van der Waals surface area contributed by atoms with E-state index in [-0.39, 0.29) is 24.0 Å². The molecule has 0 saturated heterocycles. The number of para-hydroxylation sites is 2. The Morgan fingerprint density at radius 1 is 1.21 bits per heavy atom. The van der Waals surface area contributed by atoms with Gasteiger partial charge in [0, 0.05) is 11.4 Å². The van der Waals surface area contributed by atoms with Crippen molar-refractivity contribution < 1.29 is 13.9 Å². The summed E-state index contributed by atoms with van der Waals surface area (Å²) in [5.74, 6) is -0.249. The zero-order chi connectivity index (χ0) is 17.4. The van der Waals surface area contributed by atoms with E-state index >= 15 is 0 Å². The van der Waals surface area contributed by atoms with Crippen molar-refractivity contribution in [1.29, 1.82) is 0 Å². The van der Waals surface area contributed by atoms with Crippen LogP contribution in [0.15, 0.2) is 53.4 Å². The van der Waals surface area contributed by atoms with Crippen molar-refractivity contribution in [2.24, 2.45) is 0 Å². The highest BCUT2D eigenvalue weighted by molar-refractivity contribution is 7.98. The van der Waals surface area contributed by atoms with E-state index in [0.29, 0.717) is 13.2 Å². The van der Waals surface area contributed by atoms with Gasteiger partial charge in [0.2, 0.25) is 5.91 Å². The number of carbonyl (C=O) groups is 1. The van der Waals surface area contributed by atoms with Gasteiger partial charge in [0.15, 0.2) is 11.6 Å². The summed E-state index contributed by atoms with van der Waals surface area (Å²) < 4.78 is 18.8. The summed E-state index contributed by atoms with van der Waals surface area (Å²) in [7, 11) is 1.82. The molecule has 0 aliphatic rings. The van der Waals surface area contributed by atoms with Crippen molar-refractivity contribution in [3.05, 3.63) is 54.3 Å². The Labute approximate surface area is 146 Å². The largest absolute Gasteiger partial charge is 0.489 e. The molecule has 0 spiro atoms. The number of hydrogen-bond acceptors (Lipinski definition) is 4. The number of amides is 1. The maximum atomic E-state index is 13.4. The molecular formula is C18H21FN2O2S. The molecule has 128 valence electrons. The fourth-order valence-electron chi connectivity index (χ4n) is 2.14. The zero-order valence-electron chi connectivity index (χ0n) is 13.8. The second kappa shape index (κ2) is 9.30. The molecule has 0 saturated carbocycles. The third-order valence-electron chi connectivity index (χ3n) is 3.36. The van der Waals surface area contributed by atoms with Crippen LogP contribution < -0.4 is 10.1 Å². The summed E-state index contributed by atoms with van der Waals surface area (Å²) in [5.41, 5.74) is 0.811. The van der Waals surface area contributed by atoms with E-state index in [1.54, 1.807) is 30.0 Å². The first-order chi connectivity index (χ1) is 11.6. The minimum Gasteiger partial charge on any atom is -0.489 e. The van der Waals surface area contributed by atoms with Gasteiger partial charge < -0.3 is 10.1 Å². The maximum Gasteiger partial charge on any atom is 0.238 e. The third kappa shape index (κ3) is 5.54. The molecule has 24 heavy (non-hydrogen) atoms. The van der Waals surface area contributed by atoms with Crippen LogP contribution in [-0.2, 0) is 4.79 Å². The maximum absolute atomic E-state index is 13.4. The van der Waals surface area contributed by atoms with Crippen molar-refractivity contribution in [2.45, 2.75) is 4.90 Å². The number of benzene rings is 2. The molecule has 0 aliphatic heterocycles. The molecule has 2 rings (SSSR count). The van der Waals surface area contributed by atoms with Gasteiger partial charge in [0.1, 0.15) is 6.61 Å². The van der Waals surface area contributed by atoms with Crippen molar-refractivity contribution >= 4 is 23.4 Å². The fourth-order valence-corrected chi connectivity index (χ4v) is 2.69. The van der Waals surface area contributed by atoms with E-state index in [0.717, 1.165) is 10.6 Å². The Morgan fingerprint density at radius 3 is 2.67 bits per heavy atom. The lowest BCUT2D eigenvalue weighted by molar-refractivity contribution is -0.117. The van der Waals surface area contributed by atoms with Crippen molar-refractivity contribution in [2.75, 3.05) is 38.3 Å². The lowest BCUT2D eigenvalue weighted by Gasteiger charge is -2.17. The molecule has 0 aromatic heterocycles. The van der Waals surface area contributed by atoms with E-state index in [1.807, 2.05) is 42.5 Å². The van der Waals surface area contributed by atoms with Crippen LogP contribution in [0.3, 0.4) is 0 Å². The van der Waals surface area contributed by atoms with Gasteiger partial charge in [0.05, 0.1) is 12.2 Å². The summed E-state index contributed by atoms with van der Waals surface area (Å²) in [6.45, 7) is 1.07. The molecule has 1 N–H and O–H groups in total. The molecule has 2 aromatic rings. The minimum atomic E-state index is -0.383. The number of rotatable bonds is 8. The van der Waals surface area contributed by atoms with Crippen LogP contribution in [-0.4, -0.2) is 43.8 Å². The van der Waals surface area contributed by atoms with Crippen LogP contribution in [0, 0.1) is 5.82 Å². The van der Waals surface area contributed by atoms with E-state index < -0.39 is 0 Å². The summed E-state index contributed by atoms with van der Waals surface area (Å²) in [6.07, 6.45) is 1.97. The molecule has 0 fully saturated rings. The van der Waals surface area contributed by atoms with Gasteiger partial charge in [-0.05, 0) is 37.6 Å². The molecule has 1 amide bonds. The average molecular weight is 348 g/mol. The molecule has 0 unspecified atom stereocenters. The molecule has 4 nitrogen and oxygen atoms in total. The van der Waals surface area contributed by atoms with Crippen LogP contribution in [0.5, 0.6) is 5.75 Å². The van der Waals surface area contributed by atoms with Gasteiger partial charge >= 0.3 is 0 Å². The number of halogens is 1. The Kier molecular flexibility index (Phi) is 7.08. The van der Waals surface area contributed by atoms with E-state index in [9.17, 15) is 9.18 Å². The van der Waals surface area contributed by atoms with Gasteiger partial charge in [-0.15, -0.1) is 11.8 Å². The summed E-state index contributed by atoms with van der Waals surface area (Å²) in [4.78, 5) is 15.0. The Balaban J connectivity index is 1.76. The summed E-state index contributed by atoms with van der Waals surface area (Å²) in [5, 5.41) is 2.91. The highest BCUT2D eigenvalue weighted by Crippen LogP contribution is 2.24. The van der Waals surface area contributed by atoms with Crippen molar-refractivity contribution in [1.82, 2.24) is 4.90 Å². The number of nitrogens with zero attached hydrogens (tertiary/aromatic N) is 1. The normalized spacial score (nSPS) is 10.7. The van der Waals surface area contributed by atoms with E-state index in [2.05, 4.69) is 5.32 Å². The smallest absolute Gasteiger partial charge is 0.238 e. The highest BCUT2D eigenvalue weighted by atomic mass is 32.2. The quantitative estimate of drug-likeness (QED) is 0.742. The fraction of sp³-hybridized carbons (Fsp3) is 0.278. The van der Waals surface area contributed by atoms with Gasteiger partial charge in [-0.2, -0.15) is 0 Å². The SMILES string of the molecule is CSc1ccccc1NC(=O)CN(C)CCOc1ccccc1F. The van der Waals surface area contributed by atoms with Crippen LogP contribution in [0.4, 0.5) is 10.1 Å². The molecular weight excluding hydrogens is 327 g/mol. The molecule has 0 bridgehead atoms. The van der Waals surface area contributed by atoms with Gasteiger partial charge in [-0.25, -0.2) is 4.39 Å². The third-order valence-corrected chi connectivity index (χ3v) is 4.16. The first-order valence-electron chi connectivity index (χ1n) is 7.59. The number of hydrogen-bond donors (Lipinski definition) is 1. The van der Waals surface area contributed by atoms with Gasteiger partial charge in [-0.1, -0.05) is 24.3 Å². The molecule has 0 heterocycles. The number of likely N-dealkylation sites (N-methyl/N-ethyl adjacent to an activating group) is 1. The average Bonchev–Trinajstić information content (AvgIpc) is 2.57. The monoisotopic (exact) mass is 348 g/mol. The lowest BCUT2D eigenvalue weighted by atomic mass is 10.3. The Morgan fingerprint density at radius 2 is 1.92 bits per heavy atom. The van der Waals surface area contributed by atoms with E-state index in [4.69, 9.17) is 4.74 Å². The topological polar surface area (TPSA) is 41.6 Å². The van der Waals surface area contributed by atoms with Crippen molar-refractivity contribution in [3.63, 3.8) is 0 Å². The number of nitrogens with one attached hydrogen (secondary N) is 1. The number of thioether (sulfide) groups is 1. The summed E-state index contributed by atoms with van der Waals surface area (Å²) >= 11 is 1.59. The molecule has 0 atom stereocenters. The van der Waals surface area contributed by atoms with Crippen LogP contribution in [0.1, 0.15) is 0 Å². The molecule has 0 aliphatic carbocycles. The Bertz CT molecular complexity index is 682. The number of carbonyl (C=O) groups excluding carboxylic acids is 1. The second-order valence-electron chi connectivity index (χ2n) is 5.27. The Hall–Kier alpha value is -2.05. The lowest BCUT2D eigenvalue weighted by Crippen LogP contribution is -2.33. The number of anilines is 1. The molecule has 6 heteroatoms. The zero-order valence-corrected chi connectivity index (χ0v) is 14.6. The second-order valence-corrected chi connectivity index (χ2v) is 6.11. The highest BCUT2D eigenvalue weighted by Gasteiger charge is 2.09. The van der Waals surface area contributed by atoms with E-state index in [1.165, 1.54) is 6.07 Å².